The van der Waals surface area contributed by atoms with Crippen molar-refractivity contribution in [2.75, 3.05) is 10.6 Å². The van der Waals surface area contributed by atoms with Crippen molar-refractivity contribution in [1.82, 2.24) is 0 Å². The highest BCUT2D eigenvalue weighted by Crippen LogP contribution is 2.33. The van der Waals surface area contributed by atoms with Gasteiger partial charge in [0.1, 0.15) is 0 Å². The predicted octanol–water partition coefficient (Wildman–Crippen LogP) is 4.68. The smallest absolute Gasteiger partial charge is 0.373 e. The highest BCUT2D eigenvalue weighted by atomic mass is 35.5. The molecule has 3 rings (SSSR count). The zero-order valence-corrected chi connectivity index (χ0v) is 19.5. The summed E-state index contributed by atoms with van der Waals surface area (Å²) in [5, 5.41) is 13.6. The topological polar surface area (TPSA) is 113 Å². The Balaban J connectivity index is 1.78. The third-order valence-electron chi connectivity index (χ3n) is 4.95. The molecule has 184 valence electrons. The summed E-state index contributed by atoms with van der Waals surface area (Å²) < 4.78 is 64.4. The maximum absolute atomic E-state index is 12.9. The summed E-state index contributed by atoms with van der Waals surface area (Å²) in [5.74, 6) is -2.16. The number of halogens is 4. The Morgan fingerprint density at radius 3 is 2.00 bits per heavy atom. The standard InChI is InChI=1S/C23H18ClF3N2O5S/c1-22(32,23(25,26)27)21(31)29-19-12-11-17(13-18(19)24)35(33,34)16-9-7-15(8-10-16)28-20(30)14-5-3-2-4-6-14/h2-13,32H,1H3,(H,28,30)(H,29,31). The van der Waals surface area contributed by atoms with Crippen LogP contribution in [0.15, 0.2) is 82.6 Å². The number of hydrogen-bond donors (Lipinski definition) is 3. The van der Waals surface area contributed by atoms with Crippen LogP contribution in [0, 0.1) is 0 Å². The van der Waals surface area contributed by atoms with Crippen LogP contribution in [0.3, 0.4) is 0 Å². The lowest BCUT2D eigenvalue weighted by atomic mass is 10.1. The molecule has 0 aliphatic heterocycles. The number of rotatable bonds is 6. The van der Waals surface area contributed by atoms with E-state index in [-0.39, 0.29) is 33.3 Å². The van der Waals surface area contributed by atoms with Gasteiger partial charge in [-0.25, -0.2) is 8.42 Å². The van der Waals surface area contributed by atoms with E-state index in [0.717, 1.165) is 18.2 Å². The van der Waals surface area contributed by atoms with Gasteiger partial charge in [0.15, 0.2) is 0 Å². The predicted molar refractivity (Wildman–Crippen MR) is 123 cm³/mol. The van der Waals surface area contributed by atoms with Gasteiger partial charge in [-0.2, -0.15) is 13.2 Å². The Morgan fingerprint density at radius 2 is 1.46 bits per heavy atom. The summed E-state index contributed by atoms with van der Waals surface area (Å²) >= 11 is 5.98. The van der Waals surface area contributed by atoms with Crippen LogP contribution < -0.4 is 10.6 Å². The highest BCUT2D eigenvalue weighted by molar-refractivity contribution is 7.91. The SMILES string of the molecule is CC(O)(C(=O)Nc1ccc(S(=O)(=O)c2ccc(NC(=O)c3ccccc3)cc2)cc1Cl)C(F)(F)F. The van der Waals surface area contributed by atoms with E-state index in [9.17, 15) is 36.3 Å². The molecule has 0 radical (unpaired) electrons. The first kappa shape index (κ1) is 26.2. The molecule has 0 saturated carbocycles. The van der Waals surface area contributed by atoms with E-state index in [1.54, 1.807) is 30.3 Å². The van der Waals surface area contributed by atoms with Gasteiger partial charge >= 0.3 is 6.18 Å². The van der Waals surface area contributed by atoms with Crippen molar-refractivity contribution in [1.29, 1.82) is 0 Å². The van der Waals surface area contributed by atoms with Crippen LogP contribution in [0.2, 0.25) is 5.02 Å². The monoisotopic (exact) mass is 526 g/mol. The lowest BCUT2D eigenvalue weighted by Crippen LogP contribution is -2.52. The largest absolute Gasteiger partial charge is 0.426 e. The Hall–Kier alpha value is -3.41. The molecule has 0 aliphatic carbocycles. The molecule has 1 unspecified atom stereocenters. The number of benzene rings is 3. The number of amides is 2. The van der Waals surface area contributed by atoms with E-state index in [2.05, 4.69) is 5.32 Å². The molecular formula is C23H18ClF3N2O5S. The molecule has 35 heavy (non-hydrogen) atoms. The molecule has 0 heterocycles. The second kappa shape index (κ2) is 9.68. The van der Waals surface area contributed by atoms with E-state index in [4.69, 9.17) is 11.6 Å². The lowest BCUT2D eigenvalue weighted by molar-refractivity contribution is -0.242. The van der Waals surface area contributed by atoms with Crippen molar-refractivity contribution in [3.05, 3.63) is 83.4 Å². The normalized spacial score (nSPS) is 13.5. The van der Waals surface area contributed by atoms with Gasteiger partial charge in [0.2, 0.25) is 15.4 Å². The number of carbonyl (C=O) groups is 2. The first-order valence-electron chi connectivity index (χ1n) is 9.85. The average Bonchev–Trinajstić information content (AvgIpc) is 2.80. The molecule has 0 saturated heterocycles. The molecule has 1 atom stereocenters. The average molecular weight is 527 g/mol. The quantitative estimate of drug-likeness (QED) is 0.432. The third-order valence-corrected chi connectivity index (χ3v) is 7.03. The van der Waals surface area contributed by atoms with Crippen LogP contribution >= 0.6 is 11.6 Å². The van der Waals surface area contributed by atoms with Crippen molar-refractivity contribution in [2.45, 2.75) is 28.5 Å². The van der Waals surface area contributed by atoms with E-state index in [1.807, 2.05) is 5.32 Å². The zero-order chi connectivity index (χ0) is 26.0. The maximum atomic E-state index is 12.9. The first-order chi connectivity index (χ1) is 16.2. The third kappa shape index (κ3) is 5.64. The molecule has 0 bridgehead atoms. The number of alkyl halides is 3. The minimum Gasteiger partial charge on any atom is -0.373 e. The van der Waals surface area contributed by atoms with Gasteiger partial charge in [-0.3, -0.25) is 9.59 Å². The van der Waals surface area contributed by atoms with Crippen LogP contribution in [0.5, 0.6) is 0 Å². The van der Waals surface area contributed by atoms with Gasteiger partial charge in [0.05, 0.1) is 20.5 Å². The highest BCUT2D eigenvalue weighted by Gasteiger charge is 2.55. The van der Waals surface area contributed by atoms with E-state index in [1.165, 1.54) is 24.3 Å². The van der Waals surface area contributed by atoms with Gasteiger partial charge in [0, 0.05) is 11.3 Å². The molecule has 0 aliphatic rings. The Labute approximate surface area is 203 Å². The van der Waals surface area contributed by atoms with Gasteiger partial charge < -0.3 is 15.7 Å². The molecule has 0 fully saturated rings. The Morgan fingerprint density at radius 1 is 0.886 bits per heavy atom. The zero-order valence-electron chi connectivity index (χ0n) is 17.9. The van der Waals surface area contributed by atoms with E-state index in [0.29, 0.717) is 11.3 Å². The second-order valence-corrected chi connectivity index (χ2v) is 9.87. The molecule has 7 nitrogen and oxygen atoms in total. The summed E-state index contributed by atoms with van der Waals surface area (Å²) in [4.78, 5) is 23.7. The van der Waals surface area contributed by atoms with E-state index < -0.39 is 27.5 Å². The van der Waals surface area contributed by atoms with Crippen LogP contribution in [-0.4, -0.2) is 37.1 Å². The van der Waals surface area contributed by atoms with Crippen LogP contribution in [0.1, 0.15) is 17.3 Å². The molecule has 0 aromatic heterocycles. The van der Waals surface area contributed by atoms with Gasteiger partial charge in [0.25, 0.3) is 11.8 Å². The number of nitrogens with one attached hydrogen (secondary N) is 2. The summed E-state index contributed by atoms with van der Waals surface area (Å²) in [6.07, 6.45) is -5.24. The second-order valence-electron chi connectivity index (χ2n) is 7.51. The Bertz CT molecular complexity index is 1360. The molecule has 12 heteroatoms. The number of aliphatic hydroxyl groups is 1. The molecular weight excluding hydrogens is 509 g/mol. The number of carbonyl (C=O) groups excluding carboxylic acids is 2. The van der Waals surface area contributed by atoms with E-state index >= 15 is 0 Å². The van der Waals surface area contributed by atoms with Crippen molar-refractivity contribution in [3.8, 4) is 0 Å². The number of hydrogen-bond acceptors (Lipinski definition) is 5. The fourth-order valence-corrected chi connectivity index (χ4v) is 4.36. The number of anilines is 2. The molecule has 3 aromatic carbocycles. The fraction of sp³-hybridized carbons (Fsp3) is 0.130. The van der Waals surface area contributed by atoms with Crippen LogP contribution in [0.4, 0.5) is 24.5 Å². The molecule has 2 amide bonds. The van der Waals surface area contributed by atoms with Gasteiger partial charge in [-0.15, -0.1) is 0 Å². The first-order valence-corrected chi connectivity index (χ1v) is 11.7. The fourth-order valence-electron chi connectivity index (χ4n) is 2.78. The summed E-state index contributed by atoms with van der Waals surface area (Å²) in [6.45, 7) is 0.279. The van der Waals surface area contributed by atoms with Gasteiger partial charge in [-0.05, 0) is 61.5 Å². The van der Waals surface area contributed by atoms with Gasteiger partial charge in [-0.1, -0.05) is 29.8 Å². The summed E-state index contributed by atoms with van der Waals surface area (Å²) in [6, 6.07) is 16.7. The molecule has 3 N–H and O–H groups in total. The minimum atomic E-state index is -5.24. The van der Waals surface area contributed by atoms with Crippen LogP contribution in [0.25, 0.3) is 0 Å². The molecule has 3 aromatic rings. The van der Waals surface area contributed by atoms with Crippen molar-refractivity contribution >= 4 is 44.6 Å². The van der Waals surface area contributed by atoms with Crippen LogP contribution in [-0.2, 0) is 14.6 Å². The maximum Gasteiger partial charge on any atom is 0.426 e. The summed E-state index contributed by atoms with van der Waals surface area (Å²) in [7, 11) is -4.09. The van der Waals surface area contributed by atoms with Crippen molar-refractivity contribution in [3.63, 3.8) is 0 Å². The van der Waals surface area contributed by atoms with Crippen molar-refractivity contribution < 1.29 is 36.3 Å². The minimum absolute atomic E-state index is 0.136. The number of sulfone groups is 1. The lowest BCUT2D eigenvalue weighted by Gasteiger charge is -2.25. The Kier molecular flexibility index (Phi) is 7.25. The van der Waals surface area contributed by atoms with Crippen molar-refractivity contribution in [2.24, 2.45) is 0 Å². The molecule has 0 spiro atoms. The summed E-state index contributed by atoms with van der Waals surface area (Å²) in [5.41, 5.74) is -3.23.